The number of rotatable bonds is 14. The van der Waals surface area contributed by atoms with Crippen LogP contribution in [0.25, 0.3) is 0 Å². The Morgan fingerprint density at radius 3 is 1.37 bits per heavy atom. The van der Waals surface area contributed by atoms with E-state index in [0.717, 1.165) is 36.4 Å². The van der Waals surface area contributed by atoms with Gasteiger partial charge in [0.2, 0.25) is 0 Å². The Morgan fingerprint density at radius 1 is 0.684 bits per heavy atom. The van der Waals surface area contributed by atoms with Crippen molar-refractivity contribution in [3.8, 4) is 11.5 Å². The van der Waals surface area contributed by atoms with Gasteiger partial charge in [-0.2, -0.15) is 35.1 Å². The third-order valence-corrected chi connectivity index (χ3v) is 6.71. The summed E-state index contributed by atoms with van der Waals surface area (Å²) in [7, 11) is 0. The van der Waals surface area contributed by atoms with Crippen molar-refractivity contribution in [2.24, 2.45) is 0 Å². The molecule has 0 aliphatic rings. The zero-order chi connectivity index (χ0) is 28.5. The summed E-state index contributed by atoms with van der Waals surface area (Å²) in [4.78, 5) is 0. The first-order valence-electron chi connectivity index (χ1n) is 11.2. The van der Waals surface area contributed by atoms with Crippen molar-refractivity contribution in [2.45, 2.75) is 50.8 Å². The quantitative estimate of drug-likeness (QED) is 0.173. The molecule has 0 amide bonds. The average molecular weight is 583 g/mol. The molecule has 2 unspecified atom stereocenters. The lowest BCUT2D eigenvalue weighted by atomic mass is 10.0. The molecule has 2 rings (SSSR count). The molecule has 0 saturated heterocycles. The first-order valence-corrected chi connectivity index (χ1v) is 12.7. The number of benzene rings is 2. The summed E-state index contributed by atoms with van der Waals surface area (Å²) in [5.74, 6) is -1.31. The summed E-state index contributed by atoms with van der Waals surface area (Å²) in [6.07, 6.45) is -15.4. The molecule has 0 aromatic heterocycles. The van der Waals surface area contributed by atoms with Crippen molar-refractivity contribution in [1.29, 1.82) is 0 Å². The molecule has 0 bridgehead atoms. The van der Waals surface area contributed by atoms with Crippen LogP contribution in [0.1, 0.15) is 35.1 Å². The van der Waals surface area contributed by atoms with Gasteiger partial charge >= 0.3 is 12.4 Å². The Morgan fingerprint density at radius 2 is 1.05 bits per heavy atom. The molecule has 0 saturated carbocycles. The molecule has 0 heterocycles. The van der Waals surface area contributed by atoms with Crippen molar-refractivity contribution in [3.63, 3.8) is 0 Å². The smallest absolute Gasteiger partial charge is 0.416 e. The lowest BCUT2D eigenvalue weighted by molar-refractivity contribution is -0.139. The van der Waals surface area contributed by atoms with Crippen LogP contribution in [0.15, 0.2) is 36.4 Å². The van der Waals surface area contributed by atoms with Crippen LogP contribution in [-0.2, 0) is 36.4 Å². The minimum absolute atomic E-state index is 0.0871. The van der Waals surface area contributed by atoms with E-state index in [2.05, 4.69) is 9.47 Å². The third-order valence-electron chi connectivity index (χ3n) is 5.23. The van der Waals surface area contributed by atoms with Crippen molar-refractivity contribution < 1.29 is 57.9 Å². The SMILES string of the molecule is [O-][S+](CCCc1c(OC(F)CF)cccc1C(F)(F)F)CCCc1c(OC(F)CF)cccc1C(F)(F)F. The summed E-state index contributed by atoms with van der Waals surface area (Å²) >= 11 is -1.67. The van der Waals surface area contributed by atoms with Crippen LogP contribution in [0.5, 0.6) is 11.5 Å². The third kappa shape index (κ3) is 9.44. The van der Waals surface area contributed by atoms with Gasteiger partial charge in [0.1, 0.15) is 23.0 Å². The fourth-order valence-electron chi connectivity index (χ4n) is 3.66. The number of hydrogen-bond acceptors (Lipinski definition) is 3. The molecule has 38 heavy (non-hydrogen) atoms. The van der Waals surface area contributed by atoms with Crippen LogP contribution < -0.4 is 9.47 Å². The first kappa shape index (κ1) is 31.9. The Labute approximate surface area is 215 Å². The maximum absolute atomic E-state index is 13.4. The Kier molecular flexibility index (Phi) is 11.9. The van der Waals surface area contributed by atoms with Gasteiger partial charge in [-0.1, -0.05) is 23.3 Å². The van der Waals surface area contributed by atoms with Gasteiger partial charge in [0.05, 0.1) is 11.1 Å². The lowest BCUT2D eigenvalue weighted by Crippen LogP contribution is -2.18. The number of hydrogen-bond donors (Lipinski definition) is 0. The van der Waals surface area contributed by atoms with E-state index in [1.807, 2.05) is 0 Å². The van der Waals surface area contributed by atoms with Gasteiger partial charge in [0, 0.05) is 11.1 Å². The maximum atomic E-state index is 13.4. The van der Waals surface area contributed by atoms with Gasteiger partial charge < -0.3 is 14.0 Å². The molecule has 0 radical (unpaired) electrons. The Bertz CT molecular complexity index is 936. The highest BCUT2D eigenvalue weighted by Gasteiger charge is 2.36. The van der Waals surface area contributed by atoms with Crippen LogP contribution in [0.3, 0.4) is 0 Å². The van der Waals surface area contributed by atoms with Gasteiger partial charge in [-0.3, -0.25) is 0 Å². The van der Waals surface area contributed by atoms with Crippen molar-refractivity contribution in [2.75, 3.05) is 24.9 Å². The van der Waals surface area contributed by atoms with Crippen molar-refractivity contribution >= 4 is 11.2 Å². The van der Waals surface area contributed by atoms with Gasteiger partial charge in [-0.05, 0) is 49.9 Å². The molecule has 0 aliphatic heterocycles. The highest BCUT2D eigenvalue weighted by molar-refractivity contribution is 7.91. The maximum Gasteiger partial charge on any atom is 0.416 e. The molecule has 0 N–H and O–H groups in total. The molecule has 3 nitrogen and oxygen atoms in total. The summed E-state index contributed by atoms with van der Waals surface area (Å²) < 4.78 is 154. The minimum atomic E-state index is -4.82. The largest absolute Gasteiger partial charge is 0.616 e. The Balaban J connectivity index is 2.04. The second kappa shape index (κ2) is 14.2. The molecular weight excluding hydrogens is 558 g/mol. The number of ether oxygens (including phenoxy) is 2. The molecular formula is C24H24F10O3S. The molecule has 2 atom stereocenters. The summed E-state index contributed by atoms with van der Waals surface area (Å²) in [5.41, 5.74) is -3.13. The second-order valence-corrected chi connectivity index (χ2v) is 9.68. The fraction of sp³-hybridized carbons (Fsp3) is 0.500. The molecule has 2 aromatic rings. The predicted molar refractivity (Wildman–Crippen MR) is 120 cm³/mol. The van der Waals surface area contributed by atoms with Crippen LogP contribution in [0, 0.1) is 0 Å². The molecule has 14 heteroatoms. The van der Waals surface area contributed by atoms with Crippen LogP contribution in [0.2, 0.25) is 0 Å². The summed E-state index contributed by atoms with van der Waals surface area (Å²) in [6.45, 7) is -3.16. The molecule has 0 fully saturated rings. The van der Waals surface area contributed by atoms with Crippen LogP contribution >= 0.6 is 0 Å². The topological polar surface area (TPSA) is 41.5 Å². The van der Waals surface area contributed by atoms with E-state index in [-0.39, 0.29) is 37.2 Å². The van der Waals surface area contributed by atoms with Crippen molar-refractivity contribution in [3.05, 3.63) is 58.7 Å². The second-order valence-electron chi connectivity index (χ2n) is 7.98. The van der Waals surface area contributed by atoms with Gasteiger partial charge in [0.25, 0.3) is 12.7 Å². The fourth-order valence-corrected chi connectivity index (χ4v) is 4.80. The van der Waals surface area contributed by atoms with E-state index in [1.165, 1.54) is 0 Å². The normalized spacial score (nSPS) is 14.7. The minimum Gasteiger partial charge on any atom is -0.616 e. The molecule has 0 spiro atoms. The van der Waals surface area contributed by atoms with Gasteiger partial charge in [-0.25, -0.2) is 8.78 Å². The first-order chi connectivity index (χ1) is 17.8. The Hall–Kier alpha value is -2.35. The number of halogens is 10. The van der Waals surface area contributed by atoms with E-state index in [9.17, 15) is 48.5 Å². The van der Waals surface area contributed by atoms with Gasteiger partial charge in [-0.15, -0.1) is 0 Å². The van der Waals surface area contributed by atoms with E-state index in [0.29, 0.717) is 0 Å². The highest BCUT2D eigenvalue weighted by Crippen LogP contribution is 2.38. The van der Waals surface area contributed by atoms with Crippen molar-refractivity contribution in [1.82, 2.24) is 0 Å². The van der Waals surface area contributed by atoms with E-state index < -0.39 is 83.3 Å². The number of alkyl halides is 10. The molecule has 2 aromatic carbocycles. The van der Waals surface area contributed by atoms with Crippen LogP contribution in [0.4, 0.5) is 43.9 Å². The van der Waals surface area contributed by atoms with Gasteiger partial charge in [0.15, 0.2) is 13.3 Å². The van der Waals surface area contributed by atoms with E-state index >= 15 is 0 Å². The lowest BCUT2D eigenvalue weighted by Gasteiger charge is -2.19. The predicted octanol–water partition coefficient (Wildman–Crippen LogP) is 7.33. The highest BCUT2D eigenvalue weighted by atomic mass is 32.2. The summed E-state index contributed by atoms with van der Waals surface area (Å²) in [6, 6.07) is 5.52. The standard InChI is InChI=1S/C24H24F10O3S/c25-13-21(27)36-19-9-1-7-17(23(29,30)31)15(19)5-3-11-38(35)12-4-6-16-18(24(32,33)34)8-2-10-20(16)37-22(28)14-26/h1-2,7-10,21-22H,3-6,11-14H2. The van der Waals surface area contributed by atoms with Crippen LogP contribution in [-0.4, -0.2) is 42.1 Å². The summed E-state index contributed by atoms with van der Waals surface area (Å²) in [5, 5.41) is 0. The zero-order valence-corrected chi connectivity index (χ0v) is 20.5. The molecule has 214 valence electrons. The van der Waals surface area contributed by atoms with E-state index in [4.69, 9.17) is 0 Å². The average Bonchev–Trinajstić information content (AvgIpc) is 2.84. The monoisotopic (exact) mass is 582 g/mol. The zero-order valence-electron chi connectivity index (χ0n) is 19.7. The molecule has 0 aliphatic carbocycles. The van der Waals surface area contributed by atoms with E-state index in [1.54, 1.807) is 0 Å².